The van der Waals surface area contributed by atoms with Crippen LogP contribution in [-0.2, 0) is 4.74 Å². The third kappa shape index (κ3) is 2.45. The number of carboxylic acid groups (broad SMARTS) is 1. The molecular formula is C11H13N5O5. The Bertz CT molecular complexity index is 725. The van der Waals surface area contributed by atoms with Crippen LogP contribution >= 0.6 is 0 Å². The number of hydrogen-bond donors (Lipinski definition) is 4. The van der Waals surface area contributed by atoms with Gasteiger partial charge in [0.15, 0.2) is 11.2 Å². The molecule has 1 amide bonds. The minimum absolute atomic E-state index is 0.0202. The first-order valence-electron chi connectivity index (χ1n) is 6.27. The molecule has 0 aromatic carbocycles. The SMILES string of the molecule is O=C(O)NC[C@H]1O[C@@H](n2cnc3c(=O)[nH]cnc32)C[C@H]1O. The summed E-state index contributed by atoms with van der Waals surface area (Å²) in [6.45, 7) is -0.0202. The van der Waals surface area contributed by atoms with Gasteiger partial charge >= 0.3 is 6.09 Å². The quantitative estimate of drug-likeness (QED) is 0.571. The topological polar surface area (TPSA) is 142 Å². The number of aliphatic hydroxyl groups excluding tert-OH is 1. The van der Waals surface area contributed by atoms with Crippen molar-refractivity contribution in [2.45, 2.75) is 24.9 Å². The minimum Gasteiger partial charge on any atom is -0.465 e. The summed E-state index contributed by atoms with van der Waals surface area (Å²) in [5.41, 5.74) is 0.173. The summed E-state index contributed by atoms with van der Waals surface area (Å²) in [5, 5.41) is 20.7. The van der Waals surface area contributed by atoms with E-state index in [1.54, 1.807) is 4.57 Å². The lowest BCUT2D eigenvalue weighted by Crippen LogP contribution is -2.36. The Morgan fingerprint density at radius 2 is 2.38 bits per heavy atom. The van der Waals surface area contributed by atoms with Gasteiger partial charge in [0, 0.05) is 13.0 Å². The normalized spacial score (nSPS) is 25.3. The van der Waals surface area contributed by atoms with E-state index in [9.17, 15) is 14.7 Å². The number of imidazole rings is 1. The molecule has 3 atom stereocenters. The molecule has 0 unspecified atom stereocenters. The van der Waals surface area contributed by atoms with Crippen LogP contribution in [0.1, 0.15) is 12.6 Å². The maximum atomic E-state index is 11.6. The standard InChI is InChI=1S/C11H13N5O5/c17-5-1-7(21-6(5)2-12-11(19)20)16-4-15-8-9(16)13-3-14-10(8)18/h3-7,12,17H,1-2H2,(H,19,20)(H,13,14,18)/t5-,6-,7-/m1/s1. The van der Waals surface area contributed by atoms with Gasteiger partial charge in [0.2, 0.25) is 0 Å². The van der Waals surface area contributed by atoms with Crippen molar-refractivity contribution in [1.29, 1.82) is 0 Å². The number of aliphatic hydroxyl groups is 1. The van der Waals surface area contributed by atoms with Gasteiger partial charge in [0.05, 0.1) is 18.8 Å². The lowest BCUT2D eigenvalue weighted by Gasteiger charge is -2.15. The first-order valence-corrected chi connectivity index (χ1v) is 6.27. The minimum atomic E-state index is -1.18. The van der Waals surface area contributed by atoms with E-state index in [0.29, 0.717) is 5.65 Å². The van der Waals surface area contributed by atoms with Crippen molar-refractivity contribution in [3.05, 3.63) is 23.0 Å². The van der Waals surface area contributed by atoms with Crippen LogP contribution in [0.5, 0.6) is 0 Å². The molecule has 0 aliphatic carbocycles. The molecule has 10 heteroatoms. The zero-order valence-electron chi connectivity index (χ0n) is 10.8. The summed E-state index contributed by atoms with van der Waals surface area (Å²) < 4.78 is 7.16. The van der Waals surface area contributed by atoms with Crippen molar-refractivity contribution in [3.63, 3.8) is 0 Å². The van der Waals surface area contributed by atoms with Crippen LogP contribution in [0.4, 0.5) is 4.79 Å². The van der Waals surface area contributed by atoms with Gasteiger partial charge in [-0.1, -0.05) is 0 Å². The number of rotatable bonds is 3. The maximum absolute atomic E-state index is 11.6. The zero-order valence-corrected chi connectivity index (χ0v) is 10.8. The van der Waals surface area contributed by atoms with Gasteiger partial charge in [0.25, 0.3) is 5.56 Å². The van der Waals surface area contributed by atoms with E-state index < -0.39 is 24.5 Å². The van der Waals surface area contributed by atoms with E-state index in [1.165, 1.54) is 12.7 Å². The second kappa shape index (κ2) is 5.14. The highest BCUT2D eigenvalue weighted by atomic mass is 16.5. The van der Waals surface area contributed by atoms with E-state index >= 15 is 0 Å². The fraction of sp³-hybridized carbons (Fsp3) is 0.455. The highest BCUT2D eigenvalue weighted by molar-refractivity contribution is 5.68. The van der Waals surface area contributed by atoms with E-state index in [0.717, 1.165) is 0 Å². The molecule has 3 rings (SSSR count). The molecule has 0 radical (unpaired) electrons. The highest BCUT2D eigenvalue weighted by Gasteiger charge is 2.35. The van der Waals surface area contributed by atoms with Gasteiger partial charge in [-0.25, -0.2) is 14.8 Å². The third-order valence-corrected chi connectivity index (χ3v) is 3.33. The molecule has 0 bridgehead atoms. The molecule has 3 heterocycles. The van der Waals surface area contributed by atoms with Crippen molar-refractivity contribution in [2.24, 2.45) is 0 Å². The number of nitrogens with zero attached hydrogens (tertiary/aromatic N) is 3. The fourth-order valence-corrected chi connectivity index (χ4v) is 2.33. The molecule has 1 aliphatic rings. The van der Waals surface area contributed by atoms with E-state index in [1.807, 2.05) is 0 Å². The number of aromatic amines is 1. The van der Waals surface area contributed by atoms with Crippen molar-refractivity contribution in [3.8, 4) is 0 Å². The van der Waals surface area contributed by atoms with Gasteiger partial charge < -0.3 is 25.3 Å². The molecule has 0 spiro atoms. The fourth-order valence-electron chi connectivity index (χ4n) is 2.33. The Morgan fingerprint density at radius 1 is 1.57 bits per heavy atom. The van der Waals surface area contributed by atoms with Gasteiger partial charge in [0.1, 0.15) is 12.3 Å². The summed E-state index contributed by atoms with van der Waals surface area (Å²) in [6, 6.07) is 0. The molecule has 2 aromatic rings. The monoisotopic (exact) mass is 295 g/mol. The predicted octanol–water partition coefficient (Wildman–Crippen LogP) is -0.964. The molecule has 1 fully saturated rings. The summed E-state index contributed by atoms with van der Waals surface area (Å²) >= 11 is 0. The molecule has 0 saturated carbocycles. The Labute approximate surface area is 117 Å². The molecule has 1 aliphatic heterocycles. The Morgan fingerprint density at radius 3 is 3.14 bits per heavy atom. The molecular weight excluding hydrogens is 282 g/mol. The van der Waals surface area contributed by atoms with Gasteiger partial charge in [-0.15, -0.1) is 0 Å². The van der Waals surface area contributed by atoms with Gasteiger partial charge in [-0.2, -0.15) is 0 Å². The van der Waals surface area contributed by atoms with E-state index in [-0.39, 0.29) is 24.0 Å². The number of hydrogen-bond acceptors (Lipinski definition) is 6. The Hall–Kier alpha value is -2.46. The van der Waals surface area contributed by atoms with Crippen LogP contribution in [0, 0.1) is 0 Å². The Balaban J connectivity index is 1.82. The molecule has 10 nitrogen and oxygen atoms in total. The van der Waals surface area contributed by atoms with Gasteiger partial charge in [-0.05, 0) is 0 Å². The number of ether oxygens (including phenoxy) is 1. The van der Waals surface area contributed by atoms with Crippen LogP contribution in [-0.4, -0.2) is 54.6 Å². The largest absolute Gasteiger partial charge is 0.465 e. The van der Waals surface area contributed by atoms with Crippen molar-refractivity contribution >= 4 is 17.3 Å². The average molecular weight is 295 g/mol. The molecule has 112 valence electrons. The number of carbonyl (C=O) groups is 1. The van der Waals surface area contributed by atoms with Crippen LogP contribution in [0.25, 0.3) is 11.2 Å². The smallest absolute Gasteiger partial charge is 0.404 e. The average Bonchev–Trinajstić information content (AvgIpc) is 3.01. The van der Waals surface area contributed by atoms with Crippen molar-refractivity contribution in [2.75, 3.05) is 6.54 Å². The molecule has 4 N–H and O–H groups in total. The number of H-pyrrole nitrogens is 1. The number of fused-ring (bicyclic) bond motifs is 1. The summed E-state index contributed by atoms with van der Waals surface area (Å²) in [7, 11) is 0. The van der Waals surface area contributed by atoms with E-state index in [2.05, 4.69) is 20.3 Å². The lowest BCUT2D eigenvalue weighted by molar-refractivity contribution is -0.0151. The van der Waals surface area contributed by atoms with Crippen molar-refractivity contribution in [1.82, 2.24) is 24.8 Å². The Kier molecular flexibility index (Phi) is 3.31. The van der Waals surface area contributed by atoms with Crippen LogP contribution in [0.3, 0.4) is 0 Å². The van der Waals surface area contributed by atoms with E-state index in [4.69, 9.17) is 9.84 Å². The first-order chi connectivity index (χ1) is 10.1. The van der Waals surface area contributed by atoms with Crippen LogP contribution in [0.2, 0.25) is 0 Å². The summed E-state index contributed by atoms with van der Waals surface area (Å²) in [5.74, 6) is 0. The highest BCUT2D eigenvalue weighted by Crippen LogP contribution is 2.29. The second-order valence-electron chi connectivity index (χ2n) is 4.67. The molecule has 1 saturated heterocycles. The van der Waals surface area contributed by atoms with Gasteiger partial charge in [-0.3, -0.25) is 9.36 Å². The van der Waals surface area contributed by atoms with Crippen molar-refractivity contribution < 1.29 is 19.7 Å². The predicted molar refractivity (Wildman–Crippen MR) is 68.7 cm³/mol. The van der Waals surface area contributed by atoms with Crippen LogP contribution in [0.15, 0.2) is 17.4 Å². The summed E-state index contributed by atoms with van der Waals surface area (Å²) in [4.78, 5) is 32.5. The zero-order chi connectivity index (χ0) is 15.0. The maximum Gasteiger partial charge on any atom is 0.404 e. The summed E-state index contributed by atoms with van der Waals surface area (Å²) in [6.07, 6.45) is -0.289. The second-order valence-corrected chi connectivity index (χ2v) is 4.67. The van der Waals surface area contributed by atoms with Crippen LogP contribution < -0.4 is 10.9 Å². The third-order valence-electron chi connectivity index (χ3n) is 3.33. The number of amides is 1. The molecule has 2 aromatic heterocycles. The number of nitrogens with one attached hydrogen (secondary N) is 2. The lowest BCUT2D eigenvalue weighted by atomic mass is 10.2. The molecule has 21 heavy (non-hydrogen) atoms. The number of aromatic nitrogens is 4. The first kappa shape index (κ1) is 13.5.